The van der Waals surface area contributed by atoms with Gasteiger partial charge in [-0.2, -0.15) is 0 Å². The molecule has 0 amide bonds. The van der Waals surface area contributed by atoms with Crippen molar-refractivity contribution in [2.24, 2.45) is 0 Å². The predicted molar refractivity (Wildman–Crippen MR) is 64.2 cm³/mol. The van der Waals surface area contributed by atoms with Gasteiger partial charge in [-0.05, 0) is 40.0 Å². The van der Waals surface area contributed by atoms with Gasteiger partial charge < -0.3 is 0 Å². The first-order valence-electron chi connectivity index (χ1n) is 5.48. The van der Waals surface area contributed by atoms with Gasteiger partial charge in [0, 0.05) is 11.7 Å². The van der Waals surface area contributed by atoms with E-state index in [4.69, 9.17) is 0 Å². The lowest BCUT2D eigenvalue weighted by Gasteiger charge is -2.31. The fourth-order valence-electron chi connectivity index (χ4n) is 1.45. The number of aromatic nitrogens is 3. The monoisotopic (exact) mass is 218 g/mol. The topological polar surface area (TPSA) is 33.4 Å². The molecule has 2 aromatic rings. The molecule has 0 aliphatic carbocycles. The largest absolute Gasteiger partial charge is 0.294 e. The van der Waals surface area contributed by atoms with Crippen LogP contribution in [-0.2, 0) is 6.54 Å². The van der Waals surface area contributed by atoms with Crippen LogP contribution < -0.4 is 0 Å². The molecule has 16 heavy (non-hydrogen) atoms. The molecule has 0 saturated carbocycles. The lowest BCUT2D eigenvalue weighted by molar-refractivity contribution is 0.163. The SMILES string of the molecule is CN(Cc1nnc2ccccn12)C(C)(C)C. The van der Waals surface area contributed by atoms with Crippen LogP contribution in [0, 0.1) is 0 Å². The fraction of sp³-hybridized carbons (Fsp3) is 0.500. The molecule has 2 rings (SSSR count). The van der Waals surface area contributed by atoms with Gasteiger partial charge in [-0.1, -0.05) is 6.07 Å². The zero-order valence-electron chi connectivity index (χ0n) is 10.3. The van der Waals surface area contributed by atoms with Gasteiger partial charge >= 0.3 is 0 Å². The smallest absolute Gasteiger partial charge is 0.160 e. The highest BCUT2D eigenvalue weighted by atomic mass is 15.3. The molecular formula is C12H18N4. The summed E-state index contributed by atoms with van der Waals surface area (Å²) in [7, 11) is 2.10. The van der Waals surface area contributed by atoms with Crippen LogP contribution in [0.25, 0.3) is 5.65 Å². The molecule has 2 heterocycles. The van der Waals surface area contributed by atoms with Gasteiger partial charge in [0.2, 0.25) is 0 Å². The second kappa shape index (κ2) is 3.87. The van der Waals surface area contributed by atoms with Crippen molar-refractivity contribution in [2.45, 2.75) is 32.9 Å². The van der Waals surface area contributed by atoms with Crippen molar-refractivity contribution in [3.05, 3.63) is 30.2 Å². The third-order valence-electron chi connectivity index (χ3n) is 2.91. The number of rotatable bonds is 2. The molecule has 86 valence electrons. The maximum Gasteiger partial charge on any atom is 0.160 e. The van der Waals surface area contributed by atoms with Gasteiger partial charge in [0.1, 0.15) is 0 Å². The first-order chi connectivity index (χ1) is 7.48. The molecule has 0 bridgehead atoms. The first kappa shape index (κ1) is 11.1. The van der Waals surface area contributed by atoms with E-state index in [1.54, 1.807) is 0 Å². The molecular weight excluding hydrogens is 200 g/mol. The van der Waals surface area contributed by atoms with Crippen LogP contribution in [0.4, 0.5) is 0 Å². The van der Waals surface area contributed by atoms with Crippen molar-refractivity contribution < 1.29 is 0 Å². The summed E-state index contributed by atoms with van der Waals surface area (Å²) in [5.74, 6) is 0.980. The van der Waals surface area contributed by atoms with Crippen molar-refractivity contribution in [3.63, 3.8) is 0 Å². The minimum absolute atomic E-state index is 0.139. The maximum absolute atomic E-state index is 4.22. The van der Waals surface area contributed by atoms with E-state index in [2.05, 4.69) is 42.9 Å². The summed E-state index contributed by atoms with van der Waals surface area (Å²) in [4.78, 5) is 2.26. The lowest BCUT2D eigenvalue weighted by atomic mass is 10.1. The molecule has 0 unspecified atom stereocenters. The average Bonchev–Trinajstić information content (AvgIpc) is 2.61. The molecule has 4 nitrogen and oxygen atoms in total. The summed E-state index contributed by atoms with van der Waals surface area (Å²) in [6.07, 6.45) is 2.00. The van der Waals surface area contributed by atoms with E-state index >= 15 is 0 Å². The van der Waals surface area contributed by atoms with Gasteiger partial charge in [-0.25, -0.2) is 0 Å². The standard InChI is InChI=1S/C12H18N4/c1-12(2,3)15(4)9-11-14-13-10-7-5-6-8-16(10)11/h5-8H,9H2,1-4H3. The van der Waals surface area contributed by atoms with Gasteiger partial charge in [0.15, 0.2) is 11.5 Å². The normalized spacial score (nSPS) is 12.6. The Morgan fingerprint density at radius 1 is 1.25 bits per heavy atom. The van der Waals surface area contributed by atoms with Crippen LogP contribution in [0.15, 0.2) is 24.4 Å². The van der Waals surface area contributed by atoms with Crippen molar-refractivity contribution in [1.29, 1.82) is 0 Å². The highest BCUT2D eigenvalue weighted by Crippen LogP contribution is 2.14. The van der Waals surface area contributed by atoms with E-state index in [0.717, 1.165) is 18.0 Å². The molecule has 0 aliphatic rings. The average molecular weight is 218 g/mol. The summed E-state index contributed by atoms with van der Waals surface area (Å²) in [6.45, 7) is 7.37. The van der Waals surface area contributed by atoms with Crippen LogP contribution in [0.5, 0.6) is 0 Å². The van der Waals surface area contributed by atoms with Gasteiger partial charge in [0.05, 0.1) is 6.54 Å². The van der Waals surface area contributed by atoms with E-state index in [0.29, 0.717) is 0 Å². The highest BCUT2D eigenvalue weighted by molar-refractivity contribution is 5.36. The van der Waals surface area contributed by atoms with Crippen LogP contribution in [0.3, 0.4) is 0 Å². The quantitative estimate of drug-likeness (QED) is 0.772. The van der Waals surface area contributed by atoms with Crippen molar-refractivity contribution >= 4 is 5.65 Å². The summed E-state index contributed by atoms with van der Waals surface area (Å²) in [6, 6.07) is 5.94. The zero-order valence-corrected chi connectivity index (χ0v) is 10.3. The highest BCUT2D eigenvalue weighted by Gasteiger charge is 2.18. The third-order valence-corrected chi connectivity index (χ3v) is 2.91. The molecule has 0 aromatic carbocycles. The second-order valence-corrected chi connectivity index (χ2v) is 5.07. The molecule has 4 heteroatoms. The van der Waals surface area contributed by atoms with Crippen LogP contribution in [-0.4, -0.2) is 32.1 Å². The second-order valence-electron chi connectivity index (χ2n) is 5.07. The summed E-state index contributed by atoms with van der Waals surface area (Å²) >= 11 is 0. The molecule has 0 N–H and O–H groups in total. The third kappa shape index (κ3) is 2.07. The van der Waals surface area contributed by atoms with Crippen LogP contribution >= 0.6 is 0 Å². The Bertz CT molecular complexity index is 481. The molecule has 2 aromatic heterocycles. The van der Waals surface area contributed by atoms with E-state index in [-0.39, 0.29) is 5.54 Å². The molecule has 0 atom stereocenters. The predicted octanol–water partition coefficient (Wildman–Crippen LogP) is 1.96. The minimum Gasteiger partial charge on any atom is -0.294 e. The van der Waals surface area contributed by atoms with Crippen molar-refractivity contribution in [1.82, 2.24) is 19.5 Å². The van der Waals surface area contributed by atoms with Gasteiger partial charge in [-0.15, -0.1) is 10.2 Å². The first-order valence-corrected chi connectivity index (χ1v) is 5.48. The van der Waals surface area contributed by atoms with Crippen molar-refractivity contribution in [2.75, 3.05) is 7.05 Å². The van der Waals surface area contributed by atoms with Crippen molar-refractivity contribution in [3.8, 4) is 0 Å². The Morgan fingerprint density at radius 2 is 2.00 bits per heavy atom. The van der Waals surface area contributed by atoms with Crippen LogP contribution in [0.1, 0.15) is 26.6 Å². The Labute approximate surface area is 95.9 Å². The Balaban J connectivity index is 2.28. The number of pyridine rings is 1. The molecule has 0 radical (unpaired) electrons. The number of nitrogens with zero attached hydrogens (tertiary/aromatic N) is 4. The summed E-state index contributed by atoms with van der Waals surface area (Å²) in [5, 5.41) is 8.36. The Hall–Kier alpha value is -1.42. The lowest BCUT2D eigenvalue weighted by Crippen LogP contribution is -2.37. The van der Waals surface area contributed by atoms with E-state index in [1.165, 1.54) is 0 Å². The molecule has 0 aliphatic heterocycles. The minimum atomic E-state index is 0.139. The van der Waals surface area contributed by atoms with Gasteiger partial charge in [0.25, 0.3) is 0 Å². The maximum atomic E-state index is 4.22. The summed E-state index contributed by atoms with van der Waals surface area (Å²) < 4.78 is 2.03. The Kier molecular flexibility index (Phi) is 2.68. The molecule has 0 spiro atoms. The zero-order chi connectivity index (χ0) is 11.8. The van der Waals surface area contributed by atoms with E-state index in [1.807, 2.05) is 28.8 Å². The van der Waals surface area contributed by atoms with Crippen LogP contribution in [0.2, 0.25) is 0 Å². The Morgan fingerprint density at radius 3 is 2.69 bits per heavy atom. The van der Waals surface area contributed by atoms with Gasteiger partial charge in [-0.3, -0.25) is 9.30 Å². The molecule has 0 fully saturated rings. The molecule has 0 saturated heterocycles. The number of hydrogen-bond acceptors (Lipinski definition) is 3. The number of fused-ring (bicyclic) bond motifs is 1. The number of hydrogen-bond donors (Lipinski definition) is 0. The van der Waals surface area contributed by atoms with E-state index in [9.17, 15) is 0 Å². The summed E-state index contributed by atoms with van der Waals surface area (Å²) in [5.41, 5.74) is 1.04. The fourth-order valence-corrected chi connectivity index (χ4v) is 1.45. The van der Waals surface area contributed by atoms with E-state index < -0.39 is 0 Å².